The van der Waals surface area contributed by atoms with Crippen molar-refractivity contribution in [3.8, 4) is 5.75 Å². The zero-order chi connectivity index (χ0) is 20.5. The average Bonchev–Trinajstić information content (AvgIpc) is 2.62. The molecule has 0 amide bonds. The monoisotopic (exact) mass is 394 g/mol. The molecule has 0 saturated heterocycles. The number of likely N-dealkylation sites (N-methyl/N-ethyl adjacent to an activating group) is 1. The first-order valence-electron chi connectivity index (χ1n) is 8.96. The number of aryl methyl sites for hydroxylation is 1. The molecule has 150 valence electrons. The number of ether oxygens (including phenoxy) is 1. The number of nitrogens with zero attached hydrogens (tertiary/aromatic N) is 2. The second-order valence-corrected chi connectivity index (χ2v) is 7.02. The van der Waals surface area contributed by atoms with Crippen LogP contribution in [0.2, 0.25) is 0 Å². The van der Waals surface area contributed by atoms with Crippen LogP contribution in [0.3, 0.4) is 0 Å². The maximum absolute atomic E-state index is 13.6. The van der Waals surface area contributed by atoms with E-state index < -0.39 is 18.4 Å². The first kappa shape index (κ1) is 20.0. The molecule has 28 heavy (non-hydrogen) atoms. The summed E-state index contributed by atoms with van der Waals surface area (Å²) in [5.41, 5.74) is 2.17. The van der Waals surface area contributed by atoms with Crippen molar-refractivity contribution in [3.63, 3.8) is 0 Å². The van der Waals surface area contributed by atoms with Crippen LogP contribution in [0, 0.1) is 18.7 Å². The second kappa shape index (κ2) is 7.73. The lowest BCUT2D eigenvalue weighted by molar-refractivity contribution is -0.136. The molecule has 0 radical (unpaired) electrons. The van der Waals surface area contributed by atoms with Crippen molar-refractivity contribution in [2.24, 2.45) is 5.92 Å². The van der Waals surface area contributed by atoms with Crippen LogP contribution in [0.4, 0.5) is 17.6 Å². The smallest absolute Gasteiger partial charge is 0.390 e. The molecule has 0 saturated carbocycles. The van der Waals surface area contributed by atoms with E-state index in [9.17, 15) is 17.6 Å². The highest BCUT2D eigenvalue weighted by Gasteiger charge is 2.29. The van der Waals surface area contributed by atoms with Crippen molar-refractivity contribution >= 4 is 0 Å². The van der Waals surface area contributed by atoms with Gasteiger partial charge in [0, 0.05) is 31.9 Å². The highest BCUT2D eigenvalue weighted by atomic mass is 19.4. The molecule has 0 bridgehead atoms. The molecule has 3 rings (SSSR count). The third-order valence-electron chi connectivity index (χ3n) is 4.58. The zero-order valence-corrected chi connectivity index (χ0v) is 15.9. The van der Waals surface area contributed by atoms with Crippen LogP contribution in [-0.4, -0.2) is 29.6 Å². The minimum Gasteiger partial charge on any atom is -0.455 e. The lowest BCUT2D eigenvalue weighted by atomic mass is 10.0. The Balaban J connectivity index is 1.90. The summed E-state index contributed by atoms with van der Waals surface area (Å²) in [6.45, 7) is 3.62. The van der Waals surface area contributed by atoms with E-state index in [1.54, 1.807) is 37.2 Å². The van der Waals surface area contributed by atoms with Gasteiger partial charge >= 0.3 is 6.18 Å². The van der Waals surface area contributed by atoms with E-state index >= 15 is 0 Å². The van der Waals surface area contributed by atoms with E-state index in [4.69, 9.17) is 4.74 Å². The lowest BCUT2D eigenvalue weighted by Crippen LogP contribution is -2.31. The molecule has 0 aliphatic carbocycles. The molecule has 0 aromatic heterocycles. The van der Waals surface area contributed by atoms with Gasteiger partial charge in [-0.3, -0.25) is 0 Å². The topological polar surface area (TPSA) is 15.7 Å². The molecule has 7 heteroatoms. The van der Waals surface area contributed by atoms with Gasteiger partial charge in [-0.15, -0.1) is 0 Å². The molecule has 0 N–H and O–H groups in total. The first-order valence-corrected chi connectivity index (χ1v) is 8.96. The van der Waals surface area contributed by atoms with Crippen LogP contribution in [0.5, 0.6) is 5.75 Å². The van der Waals surface area contributed by atoms with E-state index in [-0.39, 0.29) is 12.5 Å². The Morgan fingerprint density at radius 2 is 2.00 bits per heavy atom. The lowest BCUT2D eigenvalue weighted by Gasteiger charge is -2.35. The minimum atomic E-state index is -4.23. The van der Waals surface area contributed by atoms with Crippen LogP contribution >= 0.6 is 0 Å². The van der Waals surface area contributed by atoms with Crippen LogP contribution < -0.4 is 4.74 Å². The number of benzene rings is 1. The number of hydrogen-bond acceptors (Lipinski definition) is 3. The molecule has 1 unspecified atom stereocenters. The number of halogens is 4. The van der Waals surface area contributed by atoms with Crippen LogP contribution in [-0.2, 0) is 0 Å². The molecule has 0 spiro atoms. The van der Waals surface area contributed by atoms with Crippen LogP contribution in [0.25, 0.3) is 0 Å². The van der Waals surface area contributed by atoms with Gasteiger partial charge in [0.05, 0.1) is 24.0 Å². The largest absolute Gasteiger partial charge is 0.455 e. The fourth-order valence-electron chi connectivity index (χ4n) is 3.00. The summed E-state index contributed by atoms with van der Waals surface area (Å²) in [5, 5.41) is 0. The van der Waals surface area contributed by atoms with Gasteiger partial charge in [0.2, 0.25) is 0 Å². The highest BCUT2D eigenvalue weighted by Crippen LogP contribution is 2.33. The van der Waals surface area contributed by atoms with E-state index in [0.717, 1.165) is 11.3 Å². The SMILES string of the molecule is Cc1ccc(F)cc1OC1=CN2C=CC(C)C=C2C(N(C)CCC(F)(F)F)=C1. The Kier molecular flexibility index (Phi) is 5.54. The summed E-state index contributed by atoms with van der Waals surface area (Å²) in [5.74, 6) is 0.517. The molecule has 3 nitrogen and oxygen atoms in total. The molecular weight excluding hydrogens is 372 g/mol. The van der Waals surface area contributed by atoms with Gasteiger partial charge in [-0.25, -0.2) is 4.39 Å². The standard InChI is InChI=1S/C21H22F4N2O/c1-14-6-8-27-13-17(28-20-11-16(22)5-4-15(20)2)12-18(19(27)10-14)26(3)9-7-21(23,24)25/h4-6,8,10-14H,7,9H2,1-3H3. The number of hydrogen-bond donors (Lipinski definition) is 0. The predicted octanol–water partition coefficient (Wildman–Crippen LogP) is 5.49. The summed E-state index contributed by atoms with van der Waals surface area (Å²) in [7, 11) is 1.62. The van der Waals surface area contributed by atoms with Crippen molar-refractivity contribution in [1.82, 2.24) is 9.80 Å². The van der Waals surface area contributed by atoms with Crippen molar-refractivity contribution in [2.45, 2.75) is 26.4 Å². The van der Waals surface area contributed by atoms with Crippen molar-refractivity contribution in [1.29, 1.82) is 0 Å². The van der Waals surface area contributed by atoms with E-state index in [2.05, 4.69) is 0 Å². The number of fused-ring (bicyclic) bond motifs is 1. The van der Waals surface area contributed by atoms with Crippen molar-refractivity contribution < 1.29 is 22.3 Å². The normalized spacial score (nSPS) is 18.9. The summed E-state index contributed by atoms with van der Waals surface area (Å²) in [4.78, 5) is 3.37. The predicted molar refractivity (Wildman–Crippen MR) is 99.5 cm³/mol. The molecule has 1 aromatic carbocycles. The molecule has 1 aromatic rings. The zero-order valence-electron chi connectivity index (χ0n) is 15.9. The van der Waals surface area contributed by atoms with Crippen molar-refractivity contribution in [2.75, 3.05) is 13.6 Å². The summed E-state index contributed by atoms with van der Waals surface area (Å²) in [6.07, 6.45) is 4.09. The van der Waals surface area contributed by atoms with Gasteiger partial charge < -0.3 is 14.5 Å². The second-order valence-electron chi connectivity index (χ2n) is 7.02. The summed E-state index contributed by atoms with van der Waals surface area (Å²) >= 11 is 0. The third-order valence-corrected chi connectivity index (χ3v) is 4.58. The highest BCUT2D eigenvalue weighted by molar-refractivity contribution is 5.44. The summed E-state index contributed by atoms with van der Waals surface area (Å²) < 4.78 is 57.4. The molecule has 2 aliphatic heterocycles. The molecule has 2 heterocycles. The Bertz CT molecular complexity index is 868. The molecule has 0 fully saturated rings. The van der Waals surface area contributed by atoms with E-state index in [1.807, 2.05) is 30.2 Å². The Labute approximate surface area is 161 Å². The van der Waals surface area contributed by atoms with E-state index in [1.165, 1.54) is 12.1 Å². The molecule has 2 aliphatic rings. The summed E-state index contributed by atoms with van der Waals surface area (Å²) in [6, 6.07) is 4.25. The molecule has 1 atom stereocenters. The fourth-order valence-corrected chi connectivity index (χ4v) is 3.00. The Morgan fingerprint density at radius 1 is 1.25 bits per heavy atom. The number of allylic oxidation sites excluding steroid dienone is 3. The Morgan fingerprint density at radius 3 is 2.71 bits per heavy atom. The third kappa shape index (κ3) is 4.77. The van der Waals surface area contributed by atoms with Crippen molar-refractivity contribution in [3.05, 3.63) is 77.4 Å². The van der Waals surface area contributed by atoms with Gasteiger partial charge in [-0.1, -0.05) is 25.1 Å². The van der Waals surface area contributed by atoms with E-state index in [0.29, 0.717) is 17.2 Å². The van der Waals surface area contributed by atoms with Gasteiger partial charge in [0.25, 0.3) is 0 Å². The maximum atomic E-state index is 13.6. The fraction of sp³-hybridized carbons (Fsp3) is 0.333. The van der Waals surface area contributed by atoms with Gasteiger partial charge in [-0.2, -0.15) is 13.2 Å². The Hall–Kier alpha value is -2.70. The molecular formula is C21H22F4N2O. The van der Waals surface area contributed by atoms with Crippen LogP contribution in [0.15, 0.2) is 66.0 Å². The average molecular weight is 394 g/mol. The van der Waals surface area contributed by atoms with Gasteiger partial charge in [-0.05, 0) is 24.5 Å². The number of rotatable bonds is 5. The quantitative estimate of drug-likeness (QED) is 0.615. The van der Waals surface area contributed by atoms with Gasteiger partial charge in [0.15, 0.2) is 0 Å². The van der Waals surface area contributed by atoms with Crippen LogP contribution in [0.1, 0.15) is 18.9 Å². The van der Waals surface area contributed by atoms with Gasteiger partial charge in [0.1, 0.15) is 17.3 Å². The minimum absolute atomic E-state index is 0.159. The maximum Gasteiger partial charge on any atom is 0.390 e. The first-order chi connectivity index (χ1) is 13.1. The number of alkyl halides is 3.